The van der Waals surface area contributed by atoms with Crippen molar-refractivity contribution in [2.45, 2.75) is 43.9 Å². The summed E-state index contributed by atoms with van der Waals surface area (Å²) in [6.45, 7) is 0.464. The Balaban J connectivity index is 1.80. The van der Waals surface area contributed by atoms with Crippen molar-refractivity contribution < 1.29 is 31.1 Å². The Morgan fingerprint density at radius 1 is 1.04 bits per heavy atom. The maximum atomic E-state index is 13.0. The zero-order valence-corrected chi connectivity index (χ0v) is 14.8. The number of hydrogen-bond donors (Lipinski definition) is 1. The molecule has 2 unspecified atom stereocenters. The summed E-state index contributed by atoms with van der Waals surface area (Å²) < 4.78 is 83.5. The number of piperidine rings is 1. The van der Waals surface area contributed by atoms with Gasteiger partial charge in [-0.25, -0.2) is 0 Å². The summed E-state index contributed by atoms with van der Waals surface area (Å²) in [6.07, 6.45) is -8.53. The number of rotatable bonds is 4. The van der Waals surface area contributed by atoms with Gasteiger partial charge in [-0.2, -0.15) is 26.3 Å². The maximum absolute atomic E-state index is 13.0. The summed E-state index contributed by atoms with van der Waals surface area (Å²) in [5, 5.41) is 5.21. The lowest BCUT2D eigenvalue weighted by molar-refractivity contribution is -0.143. The van der Waals surface area contributed by atoms with E-state index < -0.39 is 23.5 Å². The van der Waals surface area contributed by atoms with Crippen molar-refractivity contribution in [3.63, 3.8) is 0 Å². The molecular weight excluding hydrogens is 392 g/mol. The highest BCUT2D eigenvalue weighted by Crippen LogP contribution is 2.37. The molecule has 1 aromatic carbocycles. The van der Waals surface area contributed by atoms with Gasteiger partial charge in [0.15, 0.2) is 0 Å². The van der Waals surface area contributed by atoms with E-state index in [4.69, 9.17) is 4.74 Å². The molecule has 0 saturated carbocycles. The van der Waals surface area contributed by atoms with E-state index in [1.54, 1.807) is 0 Å². The van der Waals surface area contributed by atoms with Gasteiger partial charge in [0.2, 0.25) is 0 Å². The standard InChI is InChI=1S/C18H17F6NOS/c19-17(20,21)12-7-11(8-13(9-12)18(22,23)24)10-26-14-3-1-5-25-16(14)15-4-2-6-27-15/h2,4,6-9,14,16,25H,1,3,5,10H2. The Morgan fingerprint density at radius 3 is 2.26 bits per heavy atom. The minimum Gasteiger partial charge on any atom is -0.372 e. The molecule has 2 aromatic rings. The first-order valence-corrected chi connectivity index (χ1v) is 9.19. The SMILES string of the molecule is FC(F)(F)c1cc(COC2CCCNC2c2cccs2)cc(C(F)(F)F)c1. The number of alkyl halides is 6. The molecule has 0 spiro atoms. The van der Waals surface area contributed by atoms with Gasteiger partial charge in [-0.1, -0.05) is 6.07 Å². The molecule has 1 N–H and O–H groups in total. The monoisotopic (exact) mass is 409 g/mol. The van der Waals surface area contributed by atoms with Gasteiger partial charge in [-0.05, 0) is 54.6 Å². The fourth-order valence-corrected chi connectivity index (χ4v) is 3.95. The fourth-order valence-electron chi connectivity index (χ4n) is 3.10. The van der Waals surface area contributed by atoms with E-state index in [0.29, 0.717) is 18.6 Å². The Morgan fingerprint density at radius 2 is 1.70 bits per heavy atom. The number of halogens is 6. The normalized spacial score (nSPS) is 21.4. The Hall–Kier alpha value is -1.58. The molecule has 1 fully saturated rings. The van der Waals surface area contributed by atoms with Gasteiger partial charge in [-0.3, -0.25) is 0 Å². The predicted molar refractivity (Wildman–Crippen MR) is 89.3 cm³/mol. The van der Waals surface area contributed by atoms with E-state index >= 15 is 0 Å². The van der Waals surface area contributed by atoms with E-state index in [9.17, 15) is 26.3 Å². The highest BCUT2D eigenvalue weighted by atomic mass is 32.1. The molecule has 2 nitrogen and oxygen atoms in total. The van der Waals surface area contributed by atoms with Crippen molar-refractivity contribution in [3.05, 3.63) is 57.3 Å². The summed E-state index contributed by atoms with van der Waals surface area (Å²) in [5.74, 6) is 0. The third-order valence-corrected chi connectivity index (χ3v) is 5.32. The smallest absolute Gasteiger partial charge is 0.372 e. The van der Waals surface area contributed by atoms with Crippen LogP contribution >= 0.6 is 11.3 Å². The first kappa shape index (κ1) is 20.2. The van der Waals surface area contributed by atoms with Crippen molar-refractivity contribution in [1.82, 2.24) is 5.32 Å². The second-order valence-corrected chi connectivity index (χ2v) is 7.33. The summed E-state index contributed by atoms with van der Waals surface area (Å²) >= 11 is 1.53. The lowest BCUT2D eigenvalue weighted by atomic mass is 9.99. The average Bonchev–Trinajstić information content (AvgIpc) is 3.13. The number of thiophene rings is 1. The second-order valence-electron chi connectivity index (χ2n) is 6.35. The topological polar surface area (TPSA) is 21.3 Å². The fraction of sp³-hybridized carbons (Fsp3) is 0.444. The number of hydrogen-bond acceptors (Lipinski definition) is 3. The maximum Gasteiger partial charge on any atom is 0.416 e. The highest BCUT2D eigenvalue weighted by molar-refractivity contribution is 7.10. The van der Waals surface area contributed by atoms with Crippen LogP contribution in [0.15, 0.2) is 35.7 Å². The molecule has 0 bridgehead atoms. The van der Waals surface area contributed by atoms with Crippen LogP contribution in [0.1, 0.15) is 40.5 Å². The first-order chi connectivity index (χ1) is 12.6. The Labute approximate surface area is 156 Å². The molecule has 2 atom stereocenters. The van der Waals surface area contributed by atoms with Crippen molar-refractivity contribution in [3.8, 4) is 0 Å². The van der Waals surface area contributed by atoms with E-state index in [-0.39, 0.29) is 30.4 Å². The molecule has 0 amide bonds. The van der Waals surface area contributed by atoms with Crippen LogP contribution in [0.25, 0.3) is 0 Å². The van der Waals surface area contributed by atoms with Crippen molar-refractivity contribution >= 4 is 11.3 Å². The summed E-state index contributed by atoms with van der Waals surface area (Å²) in [6, 6.07) is 5.25. The van der Waals surface area contributed by atoms with E-state index in [2.05, 4.69) is 5.32 Å². The van der Waals surface area contributed by atoms with Crippen LogP contribution in [0, 0.1) is 0 Å². The van der Waals surface area contributed by atoms with Crippen LogP contribution in [-0.4, -0.2) is 12.6 Å². The van der Waals surface area contributed by atoms with Gasteiger partial charge in [0.25, 0.3) is 0 Å². The quantitative estimate of drug-likeness (QED) is 0.645. The lowest BCUT2D eigenvalue weighted by Crippen LogP contribution is -2.38. The largest absolute Gasteiger partial charge is 0.416 e. The molecule has 27 heavy (non-hydrogen) atoms. The van der Waals surface area contributed by atoms with Crippen LogP contribution in [0.5, 0.6) is 0 Å². The van der Waals surface area contributed by atoms with Crippen molar-refractivity contribution in [1.29, 1.82) is 0 Å². The molecule has 1 aliphatic rings. The molecule has 1 saturated heterocycles. The van der Waals surface area contributed by atoms with Crippen molar-refractivity contribution in [2.24, 2.45) is 0 Å². The first-order valence-electron chi connectivity index (χ1n) is 8.31. The third kappa shape index (κ3) is 5.03. The van der Waals surface area contributed by atoms with Gasteiger partial charge >= 0.3 is 12.4 Å². The lowest BCUT2D eigenvalue weighted by Gasteiger charge is -2.32. The van der Waals surface area contributed by atoms with Crippen LogP contribution in [0.2, 0.25) is 0 Å². The summed E-state index contributed by atoms with van der Waals surface area (Å²) in [4.78, 5) is 1.03. The van der Waals surface area contributed by atoms with Crippen LogP contribution < -0.4 is 5.32 Å². The number of benzene rings is 1. The van der Waals surface area contributed by atoms with Gasteiger partial charge < -0.3 is 10.1 Å². The molecule has 3 rings (SSSR count). The molecular formula is C18H17F6NOS. The van der Waals surface area contributed by atoms with Crippen LogP contribution in [0.4, 0.5) is 26.3 Å². The van der Waals surface area contributed by atoms with Gasteiger partial charge in [0.05, 0.1) is 29.9 Å². The molecule has 9 heteroatoms. The second kappa shape index (κ2) is 7.81. The van der Waals surface area contributed by atoms with Gasteiger partial charge in [0, 0.05) is 4.88 Å². The molecule has 2 heterocycles. The van der Waals surface area contributed by atoms with Crippen LogP contribution in [0.3, 0.4) is 0 Å². The number of nitrogens with one attached hydrogen (secondary N) is 1. The molecule has 1 aromatic heterocycles. The minimum absolute atomic E-state index is 0.119. The molecule has 0 aliphatic carbocycles. The molecule has 1 aliphatic heterocycles. The Kier molecular flexibility index (Phi) is 5.83. The number of ether oxygens (including phenoxy) is 1. The zero-order valence-electron chi connectivity index (χ0n) is 14.0. The van der Waals surface area contributed by atoms with Gasteiger partial charge in [-0.15, -0.1) is 11.3 Å². The zero-order chi connectivity index (χ0) is 19.7. The minimum atomic E-state index is -4.86. The summed E-state index contributed by atoms with van der Waals surface area (Å²) in [5.41, 5.74) is -2.80. The van der Waals surface area contributed by atoms with Gasteiger partial charge in [0.1, 0.15) is 0 Å². The molecule has 0 radical (unpaired) electrons. The van der Waals surface area contributed by atoms with Crippen molar-refractivity contribution in [2.75, 3.05) is 6.54 Å². The molecule has 148 valence electrons. The van der Waals surface area contributed by atoms with Crippen LogP contribution in [-0.2, 0) is 23.7 Å². The predicted octanol–water partition coefficient (Wildman–Crippen LogP) is 5.80. The van der Waals surface area contributed by atoms with E-state index in [1.807, 2.05) is 17.5 Å². The van der Waals surface area contributed by atoms with E-state index in [0.717, 1.165) is 17.8 Å². The Bertz CT molecular complexity index is 724. The third-order valence-electron chi connectivity index (χ3n) is 4.36. The van der Waals surface area contributed by atoms with E-state index in [1.165, 1.54) is 11.3 Å². The summed E-state index contributed by atoms with van der Waals surface area (Å²) in [7, 11) is 0. The highest BCUT2D eigenvalue weighted by Gasteiger charge is 2.37. The average molecular weight is 409 g/mol.